The van der Waals surface area contributed by atoms with E-state index in [-0.39, 0.29) is 5.78 Å². The molecule has 1 aromatic carbocycles. The molecule has 20 heavy (non-hydrogen) atoms. The van der Waals surface area contributed by atoms with Crippen LogP contribution in [0.25, 0.3) is 0 Å². The summed E-state index contributed by atoms with van der Waals surface area (Å²) in [5, 5.41) is 9.40. The minimum absolute atomic E-state index is 0.216. The van der Waals surface area contributed by atoms with Crippen molar-refractivity contribution in [1.29, 1.82) is 5.26 Å². The molecule has 4 heteroatoms. The second kappa shape index (κ2) is 5.64. The Morgan fingerprint density at radius 2 is 1.90 bits per heavy atom. The summed E-state index contributed by atoms with van der Waals surface area (Å²) in [7, 11) is 0. The molecule has 1 atom stereocenters. The monoisotopic (exact) mass is 331 g/mol. The first-order valence-electron chi connectivity index (χ1n) is 6.22. The van der Waals surface area contributed by atoms with Crippen LogP contribution >= 0.6 is 15.9 Å². The van der Waals surface area contributed by atoms with E-state index in [4.69, 9.17) is 4.42 Å². The van der Waals surface area contributed by atoms with Crippen LogP contribution in [0.3, 0.4) is 0 Å². The standard InChI is InChI=1S/C16H14BrNO2/c1-9-10(2)20-11(3)15(9)16(19)13(8-18)12-6-4-5-7-14(12)17/h4-7,13H,1-3H3. The van der Waals surface area contributed by atoms with E-state index in [0.717, 1.165) is 15.8 Å². The number of benzene rings is 1. The average Bonchev–Trinajstić information content (AvgIpc) is 2.66. The van der Waals surface area contributed by atoms with E-state index >= 15 is 0 Å². The van der Waals surface area contributed by atoms with Crippen molar-refractivity contribution in [2.24, 2.45) is 0 Å². The van der Waals surface area contributed by atoms with Gasteiger partial charge in [0, 0.05) is 10.0 Å². The predicted octanol–water partition coefficient (Wildman–Crippen LogP) is 4.46. The van der Waals surface area contributed by atoms with Gasteiger partial charge in [0.1, 0.15) is 17.4 Å². The van der Waals surface area contributed by atoms with Crippen LogP contribution in [0.2, 0.25) is 0 Å². The summed E-state index contributed by atoms with van der Waals surface area (Å²) in [6.45, 7) is 5.41. The first kappa shape index (κ1) is 14.5. The molecule has 2 aromatic rings. The van der Waals surface area contributed by atoms with Crippen molar-refractivity contribution >= 4 is 21.7 Å². The minimum Gasteiger partial charge on any atom is -0.466 e. The third kappa shape index (κ3) is 2.41. The molecular formula is C16H14BrNO2. The lowest BCUT2D eigenvalue weighted by atomic mass is 9.90. The smallest absolute Gasteiger partial charge is 0.188 e. The summed E-state index contributed by atoms with van der Waals surface area (Å²) in [5.41, 5.74) is 2.00. The van der Waals surface area contributed by atoms with Gasteiger partial charge in [-0.15, -0.1) is 0 Å². The maximum absolute atomic E-state index is 12.7. The average molecular weight is 332 g/mol. The molecule has 0 bridgehead atoms. The zero-order chi connectivity index (χ0) is 14.9. The van der Waals surface area contributed by atoms with Crippen molar-refractivity contribution in [2.75, 3.05) is 0 Å². The van der Waals surface area contributed by atoms with E-state index in [1.54, 1.807) is 13.0 Å². The highest BCUT2D eigenvalue weighted by atomic mass is 79.9. The highest BCUT2D eigenvalue weighted by Crippen LogP contribution is 2.31. The third-order valence-corrected chi connectivity index (χ3v) is 4.14. The van der Waals surface area contributed by atoms with E-state index in [0.29, 0.717) is 16.9 Å². The lowest BCUT2D eigenvalue weighted by Crippen LogP contribution is -2.13. The number of carbonyl (C=O) groups is 1. The summed E-state index contributed by atoms with van der Waals surface area (Å²) < 4.78 is 6.24. The Morgan fingerprint density at radius 1 is 1.25 bits per heavy atom. The summed E-state index contributed by atoms with van der Waals surface area (Å²) in [5.74, 6) is 0.234. The molecule has 0 spiro atoms. The lowest BCUT2D eigenvalue weighted by Gasteiger charge is -2.10. The summed E-state index contributed by atoms with van der Waals surface area (Å²) in [6, 6.07) is 9.38. The van der Waals surface area contributed by atoms with Crippen LogP contribution < -0.4 is 0 Å². The number of nitriles is 1. The number of rotatable bonds is 3. The first-order valence-corrected chi connectivity index (χ1v) is 7.01. The van der Waals surface area contributed by atoms with Crippen LogP contribution in [0, 0.1) is 32.1 Å². The Balaban J connectivity index is 2.51. The first-order chi connectivity index (χ1) is 9.47. The van der Waals surface area contributed by atoms with Crippen molar-refractivity contribution in [1.82, 2.24) is 0 Å². The number of hydrogen-bond donors (Lipinski definition) is 0. The summed E-state index contributed by atoms with van der Waals surface area (Å²) >= 11 is 3.39. The number of carbonyl (C=O) groups excluding carboxylic acids is 1. The number of Topliss-reactive ketones (excluding diaryl/α,β-unsaturated/α-hetero) is 1. The number of aryl methyl sites for hydroxylation is 2. The molecule has 1 unspecified atom stereocenters. The number of halogens is 1. The molecule has 0 amide bonds. The second-order valence-electron chi connectivity index (χ2n) is 4.66. The van der Waals surface area contributed by atoms with Crippen LogP contribution in [0.15, 0.2) is 33.2 Å². The molecule has 1 aromatic heterocycles. The number of hydrogen-bond acceptors (Lipinski definition) is 3. The zero-order valence-electron chi connectivity index (χ0n) is 11.5. The quantitative estimate of drug-likeness (QED) is 0.780. The van der Waals surface area contributed by atoms with Gasteiger partial charge < -0.3 is 4.42 Å². The van der Waals surface area contributed by atoms with Crippen LogP contribution in [-0.4, -0.2) is 5.78 Å². The van der Waals surface area contributed by atoms with Gasteiger partial charge in [0.25, 0.3) is 0 Å². The molecule has 0 saturated heterocycles. The van der Waals surface area contributed by atoms with Crippen LogP contribution in [0.5, 0.6) is 0 Å². The molecule has 0 aliphatic rings. The highest BCUT2D eigenvalue weighted by Gasteiger charge is 2.28. The normalized spacial score (nSPS) is 11.9. The van der Waals surface area contributed by atoms with Gasteiger partial charge in [-0.2, -0.15) is 5.26 Å². The van der Waals surface area contributed by atoms with Gasteiger partial charge >= 0.3 is 0 Å². The third-order valence-electron chi connectivity index (χ3n) is 3.42. The van der Waals surface area contributed by atoms with Gasteiger partial charge in [-0.25, -0.2) is 0 Å². The highest BCUT2D eigenvalue weighted by molar-refractivity contribution is 9.10. The molecular weight excluding hydrogens is 318 g/mol. The SMILES string of the molecule is Cc1oc(C)c(C(=O)C(C#N)c2ccccc2Br)c1C. The van der Waals surface area contributed by atoms with E-state index in [1.807, 2.05) is 32.0 Å². The van der Waals surface area contributed by atoms with Crippen LogP contribution in [-0.2, 0) is 0 Å². The Kier molecular flexibility index (Phi) is 4.10. The van der Waals surface area contributed by atoms with Gasteiger partial charge in [0.15, 0.2) is 5.78 Å². The maximum atomic E-state index is 12.7. The van der Waals surface area contributed by atoms with Crippen molar-refractivity contribution in [2.45, 2.75) is 26.7 Å². The van der Waals surface area contributed by atoms with Crippen LogP contribution in [0.4, 0.5) is 0 Å². The molecule has 3 nitrogen and oxygen atoms in total. The van der Waals surface area contributed by atoms with Gasteiger partial charge in [0.05, 0.1) is 11.6 Å². The molecule has 0 aliphatic carbocycles. The molecule has 0 fully saturated rings. The largest absolute Gasteiger partial charge is 0.466 e. The molecule has 1 heterocycles. The molecule has 2 rings (SSSR count). The van der Waals surface area contributed by atoms with E-state index < -0.39 is 5.92 Å². The Morgan fingerprint density at radius 3 is 2.40 bits per heavy atom. The fraction of sp³-hybridized carbons (Fsp3) is 0.250. The van der Waals surface area contributed by atoms with E-state index in [2.05, 4.69) is 22.0 Å². The van der Waals surface area contributed by atoms with Gasteiger partial charge in [-0.05, 0) is 32.4 Å². The van der Waals surface area contributed by atoms with Crippen molar-refractivity contribution < 1.29 is 9.21 Å². The minimum atomic E-state index is -0.833. The number of ketones is 1. The predicted molar refractivity (Wildman–Crippen MR) is 79.7 cm³/mol. The molecule has 0 N–H and O–H groups in total. The Bertz CT molecular complexity index is 710. The second-order valence-corrected chi connectivity index (χ2v) is 5.52. The van der Waals surface area contributed by atoms with E-state index in [1.165, 1.54) is 0 Å². The molecule has 0 radical (unpaired) electrons. The van der Waals surface area contributed by atoms with Crippen LogP contribution in [0.1, 0.15) is 38.9 Å². The lowest BCUT2D eigenvalue weighted by molar-refractivity contribution is 0.0976. The summed E-state index contributed by atoms with van der Waals surface area (Å²) in [4.78, 5) is 12.7. The maximum Gasteiger partial charge on any atom is 0.188 e. The van der Waals surface area contributed by atoms with Crippen molar-refractivity contribution in [3.8, 4) is 6.07 Å². The van der Waals surface area contributed by atoms with E-state index in [9.17, 15) is 10.1 Å². The number of nitrogens with zero attached hydrogens (tertiary/aromatic N) is 1. The van der Waals surface area contributed by atoms with Gasteiger partial charge in [0.2, 0.25) is 0 Å². The fourth-order valence-corrected chi connectivity index (χ4v) is 2.79. The summed E-state index contributed by atoms with van der Waals surface area (Å²) in [6.07, 6.45) is 0. The van der Waals surface area contributed by atoms with Crippen molar-refractivity contribution in [3.63, 3.8) is 0 Å². The van der Waals surface area contributed by atoms with Gasteiger partial charge in [-0.3, -0.25) is 4.79 Å². The number of furan rings is 1. The van der Waals surface area contributed by atoms with Gasteiger partial charge in [-0.1, -0.05) is 34.1 Å². The zero-order valence-corrected chi connectivity index (χ0v) is 13.1. The molecule has 0 saturated carbocycles. The molecule has 102 valence electrons. The topological polar surface area (TPSA) is 54.0 Å². The molecule has 0 aliphatic heterocycles. The Labute approximate surface area is 126 Å². The van der Waals surface area contributed by atoms with Crippen molar-refractivity contribution in [3.05, 3.63) is 56.9 Å². The fourth-order valence-electron chi connectivity index (χ4n) is 2.28. The Hall–Kier alpha value is -1.86.